The highest BCUT2D eigenvalue weighted by Crippen LogP contribution is 2.10. The number of nitrogens with one attached hydrogen (secondary N) is 2. The fourth-order valence-corrected chi connectivity index (χ4v) is 1.63. The van der Waals surface area contributed by atoms with Crippen LogP contribution in [0.5, 0.6) is 5.88 Å². The molecule has 0 unspecified atom stereocenters. The van der Waals surface area contributed by atoms with Crippen molar-refractivity contribution in [2.24, 2.45) is 0 Å². The lowest BCUT2D eigenvalue weighted by Gasteiger charge is -2.04. The molecule has 0 bridgehead atoms. The second kappa shape index (κ2) is 6.55. The number of hydrogen-bond donors (Lipinski definition) is 2. The third-order valence-corrected chi connectivity index (χ3v) is 2.68. The lowest BCUT2D eigenvalue weighted by Crippen LogP contribution is -2.23. The van der Waals surface area contributed by atoms with E-state index in [1.807, 2.05) is 12.1 Å². The Balaban J connectivity index is 1.92. The van der Waals surface area contributed by atoms with Crippen LogP contribution in [-0.2, 0) is 17.9 Å². The molecule has 20 heavy (non-hydrogen) atoms. The number of methoxy groups -OCH3 is 1. The number of carbonyl (C=O) groups is 1. The first kappa shape index (κ1) is 13.9. The van der Waals surface area contributed by atoms with E-state index in [1.165, 1.54) is 0 Å². The largest absolute Gasteiger partial charge is 0.481 e. The van der Waals surface area contributed by atoms with E-state index in [0.717, 1.165) is 11.4 Å². The van der Waals surface area contributed by atoms with Gasteiger partial charge in [0, 0.05) is 19.3 Å². The number of hydrogen-bond acceptors (Lipinski definition) is 5. The maximum absolute atomic E-state index is 11.2. The van der Waals surface area contributed by atoms with Gasteiger partial charge in [-0.1, -0.05) is 6.07 Å². The Kier molecular flexibility index (Phi) is 4.54. The molecule has 2 N–H and O–H groups in total. The van der Waals surface area contributed by atoms with Gasteiger partial charge in [0.25, 0.3) is 0 Å². The summed E-state index contributed by atoms with van der Waals surface area (Å²) in [5.74, 6) is 0.494. The average Bonchev–Trinajstić information content (AvgIpc) is 2.92. The number of carbonyl (C=O) groups excluding carboxylic acids is 1. The Morgan fingerprint density at radius 2 is 2.30 bits per heavy atom. The number of rotatable bonds is 6. The predicted molar refractivity (Wildman–Crippen MR) is 74.4 cm³/mol. The summed E-state index contributed by atoms with van der Waals surface area (Å²) in [5, 5.41) is 9.84. The molecule has 2 aromatic heterocycles. The molecule has 0 aliphatic carbocycles. The first-order valence-electron chi connectivity index (χ1n) is 6.18. The highest BCUT2D eigenvalue weighted by atomic mass is 16.5. The second-order valence-corrected chi connectivity index (χ2v) is 4.12. The number of anilines is 1. The first-order chi connectivity index (χ1) is 9.71. The Labute approximate surface area is 117 Å². The van der Waals surface area contributed by atoms with E-state index in [1.54, 1.807) is 37.3 Å². The minimum Gasteiger partial charge on any atom is -0.481 e. The molecule has 7 nitrogen and oxygen atoms in total. The third-order valence-electron chi connectivity index (χ3n) is 2.68. The van der Waals surface area contributed by atoms with Gasteiger partial charge in [-0.25, -0.2) is 4.98 Å². The average molecular weight is 275 g/mol. The van der Waals surface area contributed by atoms with Crippen molar-refractivity contribution in [1.82, 2.24) is 20.1 Å². The number of nitrogens with zero attached hydrogens (tertiary/aromatic N) is 3. The van der Waals surface area contributed by atoms with Gasteiger partial charge in [-0.05, 0) is 6.07 Å². The molecule has 0 fully saturated rings. The van der Waals surface area contributed by atoms with Gasteiger partial charge in [0.1, 0.15) is 6.54 Å². The standard InChI is InChI=1S/C13H17N5O2/c1-14-12(19)9-18-8-11(7-16-18)15-6-10-4-3-5-13(17-10)20-2/h3-5,7-8,15H,6,9H2,1-2H3,(H,14,19). The van der Waals surface area contributed by atoms with E-state index in [2.05, 4.69) is 20.7 Å². The molecule has 2 rings (SSSR count). The van der Waals surface area contributed by atoms with E-state index >= 15 is 0 Å². The smallest absolute Gasteiger partial charge is 0.241 e. The van der Waals surface area contributed by atoms with Crippen LogP contribution in [0.1, 0.15) is 5.69 Å². The van der Waals surface area contributed by atoms with Gasteiger partial charge >= 0.3 is 0 Å². The molecule has 2 aromatic rings. The highest BCUT2D eigenvalue weighted by Gasteiger charge is 2.03. The minimum absolute atomic E-state index is 0.0888. The van der Waals surface area contributed by atoms with Crippen molar-refractivity contribution in [3.63, 3.8) is 0 Å². The number of likely N-dealkylation sites (N-methyl/N-ethyl adjacent to an activating group) is 1. The topological polar surface area (TPSA) is 81.1 Å². The molecular formula is C13H17N5O2. The predicted octanol–water partition coefficient (Wildman–Crippen LogP) is 0.645. The van der Waals surface area contributed by atoms with Crippen molar-refractivity contribution in [3.8, 4) is 5.88 Å². The van der Waals surface area contributed by atoms with E-state index < -0.39 is 0 Å². The molecule has 0 atom stereocenters. The Morgan fingerprint density at radius 3 is 3.05 bits per heavy atom. The van der Waals surface area contributed by atoms with Gasteiger partial charge in [-0.15, -0.1) is 0 Å². The van der Waals surface area contributed by atoms with Crippen molar-refractivity contribution in [3.05, 3.63) is 36.3 Å². The molecule has 0 aromatic carbocycles. The van der Waals surface area contributed by atoms with Crippen molar-refractivity contribution >= 4 is 11.6 Å². The van der Waals surface area contributed by atoms with Crippen LogP contribution in [0.25, 0.3) is 0 Å². The molecule has 2 heterocycles. The van der Waals surface area contributed by atoms with Crippen LogP contribution in [0.15, 0.2) is 30.6 Å². The summed E-state index contributed by atoms with van der Waals surface area (Å²) in [4.78, 5) is 15.5. The molecule has 106 valence electrons. The summed E-state index contributed by atoms with van der Waals surface area (Å²) in [7, 11) is 3.18. The van der Waals surface area contributed by atoms with Crippen LogP contribution in [0.4, 0.5) is 5.69 Å². The molecular weight excluding hydrogens is 258 g/mol. The SMILES string of the molecule is CNC(=O)Cn1cc(NCc2cccc(OC)n2)cn1. The summed E-state index contributed by atoms with van der Waals surface area (Å²) in [5.41, 5.74) is 1.70. The first-order valence-corrected chi connectivity index (χ1v) is 6.18. The second-order valence-electron chi connectivity index (χ2n) is 4.12. The lowest BCUT2D eigenvalue weighted by molar-refractivity contribution is -0.121. The Morgan fingerprint density at radius 1 is 1.45 bits per heavy atom. The lowest BCUT2D eigenvalue weighted by atomic mass is 10.3. The molecule has 0 saturated carbocycles. The van der Waals surface area contributed by atoms with Crippen molar-refractivity contribution in [2.75, 3.05) is 19.5 Å². The number of pyridine rings is 1. The van der Waals surface area contributed by atoms with Gasteiger partial charge in [0.05, 0.1) is 31.2 Å². The fraction of sp³-hybridized carbons (Fsp3) is 0.308. The van der Waals surface area contributed by atoms with Gasteiger partial charge in [0.15, 0.2) is 0 Å². The monoisotopic (exact) mass is 275 g/mol. The maximum atomic E-state index is 11.2. The van der Waals surface area contributed by atoms with Gasteiger partial charge < -0.3 is 15.4 Å². The van der Waals surface area contributed by atoms with Crippen LogP contribution in [0.2, 0.25) is 0 Å². The molecule has 0 saturated heterocycles. The molecule has 0 aliphatic heterocycles. The van der Waals surface area contributed by atoms with E-state index in [-0.39, 0.29) is 12.5 Å². The quantitative estimate of drug-likeness (QED) is 0.809. The van der Waals surface area contributed by atoms with Crippen molar-refractivity contribution < 1.29 is 9.53 Å². The number of ether oxygens (including phenoxy) is 1. The zero-order chi connectivity index (χ0) is 14.4. The van der Waals surface area contributed by atoms with Crippen LogP contribution in [0, 0.1) is 0 Å². The van der Waals surface area contributed by atoms with Crippen LogP contribution < -0.4 is 15.4 Å². The summed E-state index contributed by atoms with van der Waals surface area (Å²) in [6.45, 7) is 0.762. The van der Waals surface area contributed by atoms with Gasteiger partial charge in [-0.3, -0.25) is 9.48 Å². The molecule has 0 aliphatic rings. The zero-order valence-electron chi connectivity index (χ0n) is 11.5. The molecule has 0 spiro atoms. The minimum atomic E-state index is -0.0888. The number of aromatic nitrogens is 3. The molecule has 1 amide bonds. The molecule has 0 radical (unpaired) electrons. The van der Waals surface area contributed by atoms with E-state index in [4.69, 9.17) is 4.74 Å². The van der Waals surface area contributed by atoms with E-state index in [0.29, 0.717) is 12.4 Å². The normalized spacial score (nSPS) is 10.1. The Hall–Kier alpha value is -2.57. The fourth-order valence-electron chi connectivity index (χ4n) is 1.63. The summed E-state index contributed by atoms with van der Waals surface area (Å²) in [6.07, 6.45) is 3.44. The van der Waals surface area contributed by atoms with E-state index in [9.17, 15) is 4.79 Å². The van der Waals surface area contributed by atoms with Gasteiger partial charge in [-0.2, -0.15) is 5.10 Å². The third kappa shape index (κ3) is 3.71. The summed E-state index contributed by atoms with van der Waals surface area (Å²) in [6, 6.07) is 5.59. The van der Waals surface area contributed by atoms with Crippen molar-refractivity contribution in [2.45, 2.75) is 13.1 Å². The summed E-state index contributed by atoms with van der Waals surface area (Å²) >= 11 is 0. The maximum Gasteiger partial charge on any atom is 0.241 e. The molecule has 7 heteroatoms. The van der Waals surface area contributed by atoms with Crippen LogP contribution >= 0.6 is 0 Å². The zero-order valence-corrected chi connectivity index (χ0v) is 11.5. The number of amides is 1. The summed E-state index contributed by atoms with van der Waals surface area (Å²) < 4.78 is 6.64. The van der Waals surface area contributed by atoms with Gasteiger partial charge in [0.2, 0.25) is 11.8 Å². The highest BCUT2D eigenvalue weighted by molar-refractivity contribution is 5.75. The Bertz CT molecular complexity index is 582. The van der Waals surface area contributed by atoms with Crippen LogP contribution in [0.3, 0.4) is 0 Å². The van der Waals surface area contributed by atoms with Crippen LogP contribution in [-0.4, -0.2) is 34.8 Å². The van der Waals surface area contributed by atoms with Crippen molar-refractivity contribution in [1.29, 1.82) is 0 Å².